The third-order valence-electron chi connectivity index (χ3n) is 5.76. The molecule has 0 saturated heterocycles. The minimum absolute atomic E-state index is 1.27. The summed E-state index contributed by atoms with van der Waals surface area (Å²) in [6.45, 7) is 0. The van der Waals surface area contributed by atoms with Crippen LogP contribution in [0.2, 0.25) is 0 Å². The van der Waals surface area contributed by atoms with Crippen LogP contribution in [0.15, 0.2) is 109 Å². The Morgan fingerprint density at radius 2 is 0.786 bits per heavy atom. The first-order chi connectivity index (χ1) is 13.9. The number of hydrogen-bond acceptors (Lipinski definition) is 0. The predicted molar refractivity (Wildman–Crippen MR) is 122 cm³/mol. The van der Waals surface area contributed by atoms with Gasteiger partial charge in [-0.05, 0) is 78.5 Å². The first kappa shape index (κ1) is 15.4. The third-order valence-corrected chi connectivity index (χ3v) is 5.76. The summed E-state index contributed by atoms with van der Waals surface area (Å²) in [4.78, 5) is 0. The Bertz CT molecular complexity index is 1450. The molecule has 0 spiro atoms. The second-order valence-corrected chi connectivity index (χ2v) is 7.46. The van der Waals surface area contributed by atoms with Crippen molar-refractivity contribution in [2.45, 2.75) is 0 Å². The zero-order valence-electron chi connectivity index (χ0n) is 15.4. The molecule has 0 unspecified atom stereocenters. The van der Waals surface area contributed by atoms with Crippen LogP contribution in [-0.2, 0) is 0 Å². The normalized spacial score (nSPS) is 11.6. The maximum absolute atomic E-state index is 2.34. The zero-order valence-corrected chi connectivity index (χ0v) is 15.4. The van der Waals surface area contributed by atoms with Crippen LogP contribution in [0.3, 0.4) is 0 Å². The van der Waals surface area contributed by atoms with E-state index in [1.165, 1.54) is 54.2 Å². The van der Waals surface area contributed by atoms with Crippen LogP contribution in [0.1, 0.15) is 0 Å². The number of fused-ring (bicyclic) bond motifs is 4. The zero-order chi connectivity index (χ0) is 18.5. The standard InChI is InChI=1S/C28H18/c1-2-8-20-16-25-18-24(14-13-21(25)15-19(20)7-1)28-26-11-5-3-9-22(26)17-23-10-4-6-12-27(23)28/h1-18H. The van der Waals surface area contributed by atoms with E-state index in [-0.39, 0.29) is 0 Å². The van der Waals surface area contributed by atoms with E-state index in [1.807, 2.05) is 0 Å². The summed E-state index contributed by atoms with van der Waals surface area (Å²) < 4.78 is 0. The summed E-state index contributed by atoms with van der Waals surface area (Å²) in [6, 6.07) is 39.7. The van der Waals surface area contributed by atoms with Gasteiger partial charge in [-0.1, -0.05) is 84.9 Å². The predicted octanol–water partition coefficient (Wildman–Crippen LogP) is 7.97. The Morgan fingerprint density at radius 1 is 0.321 bits per heavy atom. The largest absolute Gasteiger partial charge is 0.0616 e. The van der Waals surface area contributed by atoms with Crippen LogP contribution in [0.4, 0.5) is 0 Å². The van der Waals surface area contributed by atoms with Crippen molar-refractivity contribution in [3.05, 3.63) is 109 Å². The van der Waals surface area contributed by atoms with Crippen LogP contribution in [0.25, 0.3) is 54.2 Å². The van der Waals surface area contributed by atoms with Crippen molar-refractivity contribution in [1.29, 1.82) is 0 Å². The van der Waals surface area contributed by atoms with Gasteiger partial charge in [-0.25, -0.2) is 0 Å². The van der Waals surface area contributed by atoms with E-state index in [9.17, 15) is 0 Å². The van der Waals surface area contributed by atoms with Gasteiger partial charge in [-0.3, -0.25) is 0 Å². The lowest BCUT2D eigenvalue weighted by Crippen LogP contribution is -1.86. The van der Waals surface area contributed by atoms with Crippen molar-refractivity contribution in [1.82, 2.24) is 0 Å². The summed E-state index contributed by atoms with van der Waals surface area (Å²) in [5.74, 6) is 0. The molecule has 6 aromatic rings. The van der Waals surface area contributed by atoms with Gasteiger partial charge in [0.25, 0.3) is 0 Å². The molecule has 0 heterocycles. The molecule has 28 heavy (non-hydrogen) atoms. The second kappa shape index (κ2) is 5.94. The van der Waals surface area contributed by atoms with E-state index in [2.05, 4.69) is 109 Å². The maximum Gasteiger partial charge on any atom is -0.00266 e. The van der Waals surface area contributed by atoms with Crippen LogP contribution in [0, 0.1) is 0 Å². The van der Waals surface area contributed by atoms with Crippen LogP contribution in [0.5, 0.6) is 0 Å². The van der Waals surface area contributed by atoms with Crippen molar-refractivity contribution < 1.29 is 0 Å². The Hall–Kier alpha value is -3.64. The maximum atomic E-state index is 2.34. The van der Waals surface area contributed by atoms with E-state index >= 15 is 0 Å². The summed E-state index contributed by atoms with van der Waals surface area (Å²) in [6.07, 6.45) is 0. The Labute approximate surface area is 163 Å². The minimum Gasteiger partial charge on any atom is -0.0616 e. The highest BCUT2D eigenvalue weighted by Crippen LogP contribution is 2.37. The molecule has 0 saturated carbocycles. The first-order valence-corrected chi connectivity index (χ1v) is 9.70. The van der Waals surface area contributed by atoms with Gasteiger partial charge < -0.3 is 0 Å². The molecule has 0 N–H and O–H groups in total. The van der Waals surface area contributed by atoms with Crippen molar-refractivity contribution in [2.75, 3.05) is 0 Å². The average molecular weight is 354 g/mol. The highest BCUT2D eigenvalue weighted by molar-refractivity contribution is 6.13. The molecular weight excluding hydrogens is 336 g/mol. The monoisotopic (exact) mass is 354 g/mol. The number of benzene rings is 6. The SMILES string of the molecule is c1ccc2cc3cc(-c4c5ccccc5cc5ccccc45)ccc3cc2c1. The molecule has 0 nitrogen and oxygen atoms in total. The molecule has 6 rings (SSSR count). The fourth-order valence-corrected chi connectivity index (χ4v) is 4.42. The molecule has 130 valence electrons. The van der Waals surface area contributed by atoms with Gasteiger partial charge in [0.15, 0.2) is 0 Å². The molecule has 0 fully saturated rings. The fraction of sp³-hybridized carbons (Fsp3) is 0. The summed E-state index contributed by atoms with van der Waals surface area (Å²) in [5.41, 5.74) is 2.60. The highest BCUT2D eigenvalue weighted by atomic mass is 14.1. The summed E-state index contributed by atoms with van der Waals surface area (Å²) >= 11 is 0. The van der Waals surface area contributed by atoms with E-state index in [0.29, 0.717) is 0 Å². The topological polar surface area (TPSA) is 0 Å². The lowest BCUT2D eigenvalue weighted by atomic mass is 9.90. The molecule has 0 aliphatic carbocycles. The molecule has 0 amide bonds. The van der Waals surface area contributed by atoms with Crippen molar-refractivity contribution >= 4 is 43.1 Å². The summed E-state index contributed by atoms with van der Waals surface area (Å²) in [7, 11) is 0. The quantitative estimate of drug-likeness (QED) is 0.263. The summed E-state index contributed by atoms with van der Waals surface area (Å²) in [5, 5.41) is 10.3. The Morgan fingerprint density at radius 3 is 1.43 bits per heavy atom. The van der Waals surface area contributed by atoms with Gasteiger partial charge in [0.2, 0.25) is 0 Å². The van der Waals surface area contributed by atoms with E-state index in [0.717, 1.165) is 0 Å². The minimum atomic E-state index is 1.27. The number of hydrogen-bond donors (Lipinski definition) is 0. The molecule has 0 bridgehead atoms. The molecular formula is C28H18. The van der Waals surface area contributed by atoms with Crippen LogP contribution < -0.4 is 0 Å². The van der Waals surface area contributed by atoms with E-state index < -0.39 is 0 Å². The molecule has 6 aromatic carbocycles. The lowest BCUT2D eigenvalue weighted by molar-refractivity contribution is 1.71. The molecule has 0 atom stereocenters. The van der Waals surface area contributed by atoms with Gasteiger partial charge in [0.05, 0.1) is 0 Å². The smallest absolute Gasteiger partial charge is 0.00266 e. The number of rotatable bonds is 1. The van der Waals surface area contributed by atoms with Gasteiger partial charge in [0, 0.05) is 0 Å². The van der Waals surface area contributed by atoms with Gasteiger partial charge in [-0.15, -0.1) is 0 Å². The van der Waals surface area contributed by atoms with E-state index in [4.69, 9.17) is 0 Å². The Balaban J connectivity index is 1.72. The third kappa shape index (κ3) is 2.32. The molecule has 0 aromatic heterocycles. The molecule has 0 heteroatoms. The Kier molecular flexibility index (Phi) is 3.27. The van der Waals surface area contributed by atoms with Gasteiger partial charge >= 0.3 is 0 Å². The van der Waals surface area contributed by atoms with Crippen molar-refractivity contribution in [3.8, 4) is 11.1 Å². The van der Waals surface area contributed by atoms with E-state index in [1.54, 1.807) is 0 Å². The first-order valence-electron chi connectivity index (χ1n) is 9.70. The average Bonchev–Trinajstić information content (AvgIpc) is 2.75. The molecule has 0 aliphatic rings. The second-order valence-electron chi connectivity index (χ2n) is 7.46. The molecule has 0 radical (unpaired) electrons. The van der Waals surface area contributed by atoms with Crippen molar-refractivity contribution in [2.24, 2.45) is 0 Å². The highest BCUT2D eigenvalue weighted by Gasteiger charge is 2.10. The lowest BCUT2D eigenvalue weighted by Gasteiger charge is -2.13. The fourth-order valence-electron chi connectivity index (χ4n) is 4.42. The van der Waals surface area contributed by atoms with Gasteiger partial charge in [-0.2, -0.15) is 0 Å². The van der Waals surface area contributed by atoms with Crippen molar-refractivity contribution in [3.63, 3.8) is 0 Å². The molecule has 0 aliphatic heterocycles. The van der Waals surface area contributed by atoms with Crippen LogP contribution >= 0.6 is 0 Å². The van der Waals surface area contributed by atoms with Gasteiger partial charge in [0.1, 0.15) is 0 Å². The van der Waals surface area contributed by atoms with Crippen LogP contribution in [-0.4, -0.2) is 0 Å².